The van der Waals surface area contributed by atoms with Crippen molar-refractivity contribution >= 4 is 46.6 Å². The number of halogens is 1. The summed E-state index contributed by atoms with van der Waals surface area (Å²) in [5, 5.41) is 2.99. The molecule has 0 fully saturated rings. The van der Waals surface area contributed by atoms with Gasteiger partial charge in [0.1, 0.15) is 17.9 Å². The molecule has 0 atom stereocenters. The number of thioether (sulfide) groups is 1. The Morgan fingerprint density at radius 1 is 0.875 bits per heavy atom. The van der Waals surface area contributed by atoms with Crippen LogP contribution in [0.15, 0.2) is 60.7 Å². The summed E-state index contributed by atoms with van der Waals surface area (Å²) >= 11 is 3.52. The second kappa shape index (κ2) is 23.9. The Balaban J connectivity index is 2.18. The van der Waals surface area contributed by atoms with Gasteiger partial charge in [0.15, 0.2) is 23.0 Å². The summed E-state index contributed by atoms with van der Waals surface area (Å²) in [5.74, 6) is 1.03. The van der Waals surface area contributed by atoms with E-state index in [0.717, 1.165) is 44.3 Å². The molecule has 0 radical (unpaired) electrons. The number of unbranched alkanes of at least 4 members (excludes halogenated alkanes) is 6. The van der Waals surface area contributed by atoms with Crippen molar-refractivity contribution in [2.24, 2.45) is 0 Å². The van der Waals surface area contributed by atoms with Crippen LogP contribution in [0.5, 0.6) is 5.75 Å². The summed E-state index contributed by atoms with van der Waals surface area (Å²) in [5.41, 5.74) is 0.377. The lowest BCUT2D eigenvalue weighted by atomic mass is 10.0. The Hall–Kier alpha value is -1.74. The number of esters is 1. The number of benzene rings is 1. The van der Waals surface area contributed by atoms with Gasteiger partial charge in [-0.25, -0.2) is 4.79 Å². The summed E-state index contributed by atoms with van der Waals surface area (Å²) in [6, 6.07) is 6.94. The van der Waals surface area contributed by atoms with Crippen LogP contribution in [0.3, 0.4) is 0 Å². The molecule has 0 saturated heterocycles. The van der Waals surface area contributed by atoms with E-state index < -0.39 is 10.7 Å². The van der Waals surface area contributed by atoms with Gasteiger partial charge in [0.2, 0.25) is 5.91 Å². The van der Waals surface area contributed by atoms with E-state index in [2.05, 4.69) is 62.5 Å². The lowest BCUT2D eigenvalue weighted by Crippen LogP contribution is -2.45. The Labute approximate surface area is 261 Å². The molecule has 5 nitrogen and oxygen atoms in total. The summed E-state index contributed by atoms with van der Waals surface area (Å²) in [6.45, 7) is 6.73. The molecule has 7 heteroatoms. The molecule has 0 unspecified atom stereocenters. The fourth-order valence-corrected chi connectivity index (χ4v) is 5.99. The minimum absolute atomic E-state index is 0.0337. The molecule has 0 heterocycles. The van der Waals surface area contributed by atoms with Gasteiger partial charge in [0, 0.05) is 0 Å². The average molecular weight is 684 g/mol. The average Bonchev–Trinajstić information content (AvgIpc) is 2.98. The van der Waals surface area contributed by atoms with Crippen LogP contribution in [0.4, 0.5) is 0 Å². The fourth-order valence-electron chi connectivity index (χ4n) is 4.26. The van der Waals surface area contributed by atoms with Gasteiger partial charge in [-0.1, -0.05) is 95.0 Å². The van der Waals surface area contributed by atoms with Crippen molar-refractivity contribution in [1.29, 1.82) is 0 Å². The highest BCUT2D eigenvalue weighted by atomic mass is 127. The van der Waals surface area contributed by atoms with Gasteiger partial charge in [-0.05, 0) is 69.3 Å². The topological polar surface area (TPSA) is 64.6 Å². The molecule has 1 N–H and O–H groups in total. The van der Waals surface area contributed by atoms with Crippen LogP contribution in [-0.2, 0) is 9.53 Å². The molecule has 1 aromatic rings. The standard InChI is InChI=1S/C33H50INO4S/c1-4-7-8-9-10-11-12-13-14-15-16-17-18-19-20-23-28-40-33(5-2,6-3)32(37)35-26-27-38-31(36)29-24-21-22-25-30(29)39-34/h7-8,10-11,13-14,21-22,24-25H,4-6,9,12,15-20,23,26-28H2,1-3H3,(H,35,37)/b8-7-,11-10-,14-13-. The highest BCUT2D eigenvalue weighted by molar-refractivity contribution is 14.1. The maximum absolute atomic E-state index is 13.0. The van der Waals surface area contributed by atoms with Crippen molar-refractivity contribution in [2.75, 3.05) is 18.9 Å². The van der Waals surface area contributed by atoms with E-state index in [-0.39, 0.29) is 12.5 Å². The largest absolute Gasteiger partial charge is 0.460 e. The van der Waals surface area contributed by atoms with Crippen LogP contribution in [0.25, 0.3) is 0 Å². The summed E-state index contributed by atoms with van der Waals surface area (Å²) < 4.78 is 10.1. The lowest BCUT2D eigenvalue weighted by Gasteiger charge is -2.29. The number of carbonyl (C=O) groups excluding carboxylic acids is 2. The normalized spacial score (nSPS) is 12.0. The van der Waals surface area contributed by atoms with Gasteiger partial charge in [-0.2, -0.15) is 0 Å². The van der Waals surface area contributed by atoms with E-state index in [4.69, 9.17) is 7.80 Å². The third kappa shape index (κ3) is 15.3. The Morgan fingerprint density at radius 3 is 2.17 bits per heavy atom. The van der Waals surface area contributed by atoms with Gasteiger partial charge in [-0.15, -0.1) is 11.8 Å². The van der Waals surface area contributed by atoms with Gasteiger partial charge in [0.05, 0.1) is 11.3 Å². The number of allylic oxidation sites excluding steroid dienone is 6. The smallest absolute Gasteiger partial charge is 0.342 e. The minimum Gasteiger partial charge on any atom is -0.460 e. The molecule has 224 valence electrons. The summed E-state index contributed by atoms with van der Waals surface area (Å²) in [7, 11) is 0. The number of hydrogen-bond donors (Lipinski definition) is 1. The van der Waals surface area contributed by atoms with Crippen molar-refractivity contribution < 1.29 is 17.4 Å². The zero-order valence-corrected chi connectivity index (χ0v) is 27.8. The summed E-state index contributed by atoms with van der Waals surface area (Å²) in [4.78, 5) is 25.4. The maximum Gasteiger partial charge on any atom is 0.342 e. The molecule has 0 aliphatic carbocycles. The van der Waals surface area contributed by atoms with E-state index >= 15 is 0 Å². The molecule has 0 aliphatic rings. The van der Waals surface area contributed by atoms with Gasteiger partial charge >= 0.3 is 5.97 Å². The molecule has 0 aliphatic heterocycles. The van der Waals surface area contributed by atoms with Crippen molar-refractivity contribution in [3.8, 4) is 5.75 Å². The fraction of sp³-hybridized carbons (Fsp3) is 0.576. The first-order valence-corrected chi connectivity index (χ1v) is 16.8. The third-order valence-corrected chi connectivity index (χ3v) is 9.07. The van der Waals surface area contributed by atoms with E-state index in [0.29, 0.717) is 17.9 Å². The molecule has 0 spiro atoms. The second-order valence-electron chi connectivity index (χ2n) is 9.72. The zero-order valence-electron chi connectivity index (χ0n) is 24.8. The van der Waals surface area contributed by atoms with Crippen LogP contribution in [-0.4, -0.2) is 35.5 Å². The highest BCUT2D eigenvalue weighted by Crippen LogP contribution is 2.34. The molecule has 0 saturated carbocycles. The van der Waals surface area contributed by atoms with E-state index in [1.54, 1.807) is 59.0 Å². The molecular formula is C33H50INO4S. The molecule has 1 aromatic carbocycles. The lowest BCUT2D eigenvalue weighted by molar-refractivity contribution is -0.123. The van der Waals surface area contributed by atoms with Crippen molar-refractivity contribution in [3.05, 3.63) is 66.3 Å². The first kappa shape index (κ1) is 36.3. The van der Waals surface area contributed by atoms with E-state index in [9.17, 15) is 9.59 Å². The highest BCUT2D eigenvalue weighted by Gasteiger charge is 2.34. The number of hydrogen-bond acceptors (Lipinski definition) is 5. The first-order chi connectivity index (χ1) is 19.5. The third-order valence-electron chi connectivity index (χ3n) is 6.79. The number of amides is 1. The second-order valence-corrected chi connectivity index (χ2v) is 11.6. The number of para-hydroxylation sites is 1. The Bertz CT molecular complexity index is 911. The molecular weight excluding hydrogens is 633 g/mol. The zero-order chi connectivity index (χ0) is 29.3. The minimum atomic E-state index is -0.455. The molecule has 0 aromatic heterocycles. The van der Waals surface area contributed by atoms with Gasteiger partial charge in [-0.3, -0.25) is 4.79 Å². The monoisotopic (exact) mass is 683 g/mol. The van der Waals surface area contributed by atoms with Crippen LogP contribution in [0.2, 0.25) is 0 Å². The number of rotatable bonds is 23. The van der Waals surface area contributed by atoms with E-state index in [1.165, 1.54) is 38.5 Å². The molecule has 1 amide bonds. The maximum atomic E-state index is 13.0. The van der Waals surface area contributed by atoms with Crippen molar-refractivity contribution in [1.82, 2.24) is 5.32 Å². The number of carbonyl (C=O) groups is 2. The van der Waals surface area contributed by atoms with Gasteiger partial charge < -0.3 is 13.1 Å². The SMILES string of the molecule is CC/C=C\C/C=C\C/C=C\CCCCCCCCSC(CC)(CC)C(=O)NCCOC(=O)c1ccccc1OI. The van der Waals surface area contributed by atoms with Crippen LogP contribution in [0, 0.1) is 0 Å². The first-order valence-electron chi connectivity index (χ1n) is 15.0. The number of ether oxygens (including phenoxy) is 1. The van der Waals surface area contributed by atoms with Crippen LogP contribution in [0.1, 0.15) is 108 Å². The number of nitrogens with one attached hydrogen (secondary N) is 1. The van der Waals surface area contributed by atoms with Crippen LogP contribution < -0.4 is 8.38 Å². The molecule has 40 heavy (non-hydrogen) atoms. The quantitative estimate of drug-likeness (QED) is 0.0539. The predicted molar refractivity (Wildman–Crippen MR) is 179 cm³/mol. The predicted octanol–water partition coefficient (Wildman–Crippen LogP) is 9.57. The Morgan fingerprint density at radius 2 is 1.50 bits per heavy atom. The summed E-state index contributed by atoms with van der Waals surface area (Å²) in [6.07, 6.45) is 26.8. The van der Waals surface area contributed by atoms with Crippen molar-refractivity contribution in [3.63, 3.8) is 0 Å². The van der Waals surface area contributed by atoms with Crippen molar-refractivity contribution in [2.45, 2.75) is 103 Å². The molecule has 1 rings (SSSR count). The van der Waals surface area contributed by atoms with Gasteiger partial charge in [0.25, 0.3) is 0 Å². The Kier molecular flexibility index (Phi) is 21.7. The van der Waals surface area contributed by atoms with E-state index in [1.807, 2.05) is 0 Å². The molecule has 0 bridgehead atoms. The van der Waals surface area contributed by atoms with Crippen LogP contribution >= 0.6 is 34.8 Å².